The third-order valence-electron chi connectivity index (χ3n) is 3.72. The maximum atomic E-state index is 12.7. The molecule has 0 radical (unpaired) electrons. The lowest BCUT2D eigenvalue weighted by Gasteiger charge is -2.33. The molecule has 1 amide bonds. The van der Waals surface area contributed by atoms with Gasteiger partial charge in [-0.05, 0) is 26.2 Å². The van der Waals surface area contributed by atoms with Crippen LogP contribution >= 0.6 is 15.9 Å². The van der Waals surface area contributed by atoms with E-state index in [4.69, 9.17) is 0 Å². The molecule has 1 fully saturated rings. The number of nitrogens with zero attached hydrogens (tertiary/aromatic N) is 1. The normalized spacial score (nSPS) is 26.8. The third kappa shape index (κ3) is 3.87. The van der Waals surface area contributed by atoms with Crippen molar-refractivity contribution in [3.8, 4) is 0 Å². The average Bonchev–Trinajstić information content (AvgIpc) is 2.35. The van der Waals surface area contributed by atoms with Crippen molar-refractivity contribution < 1.29 is 18.0 Å². The first-order chi connectivity index (χ1) is 8.27. The Kier molecular flexibility index (Phi) is 5.49. The Balaban J connectivity index is 2.64. The van der Waals surface area contributed by atoms with Gasteiger partial charge in [-0.25, -0.2) is 0 Å². The van der Waals surface area contributed by atoms with Gasteiger partial charge < -0.3 is 4.90 Å². The van der Waals surface area contributed by atoms with Crippen molar-refractivity contribution in [1.29, 1.82) is 0 Å². The summed E-state index contributed by atoms with van der Waals surface area (Å²) in [5.74, 6) is -1.94. The average molecular weight is 330 g/mol. The third-order valence-corrected chi connectivity index (χ3v) is 4.66. The summed E-state index contributed by atoms with van der Waals surface area (Å²) in [6, 6.07) is 0.00348. The molecule has 3 unspecified atom stereocenters. The summed E-state index contributed by atoms with van der Waals surface area (Å²) in [6.45, 7) is 1.87. The summed E-state index contributed by atoms with van der Waals surface area (Å²) >= 11 is 3.28. The Morgan fingerprint density at radius 3 is 2.56 bits per heavy atom. The molecule has 0 bridgehead atoms. The molecule has 106 valence electrons. The van der Waals surface area contributed by atoms with Gasteiger partial charge in [0, 0.05) is 24.3 Å². The molecule has 0 aliphatic heterocycles. The molecule has 18 heavy (non-hydrogen) atoms. The number of alkyl halides is 4. The van der Waals surface area contributed by atoms with Gasteiger partial charge in [0.25, 0.3) is 0 Å². The van der Waals surface area contributed by atoms with Gasteiger partial charge in [-0.15, -0.1) is 0 Å². The molecule has 2 nitrogen and oxygen atoms in total. The summed E-state index contributed by atoms with van der Waals surface area (Å²) in [5, 5.41) is 0.630. The van der Waals surface area contributed by atoms with Crippen LogP contribution in [-0.4, -0.2) is 35.4 Å². The lowest BCUT2D eigenvalue weighted by molar-refractivity contribution is -0.187. The van der Waals surface area contributed by atoms with Gasteiger partial charge in [0.05, 0.1) is 5.92 Å². The smallest absolute Gasteiger partial charge is 0.342 e. The van der Waals surface area contributed by atoms with Gasteiger partial charge in [-0.3, -0.25) is 4.79 Å². The quantitative estimate of drug-likeness (QED) is 0.724. The van der Waals surface area contributed by atoms with E-state index < -0.39 is 18.0 Å². The number of hydrogen-bond acceptors (Lipinski definition) is 1. The molecule has 6 heteroatoms. The lowest BCUT2D eigenvalue weighted by atomic mass is 9.80. The molecule has 1 aliphatic carbocycles. The van der Waals surface area contributed by atoms with Gasteiger partial charge in [-0.1, -0.05) is 22.4 Å². The van der Waals surface area contributed by atoms with Gasteiger partial charge in [0.1, 0.15) is 0 Å². The molecule has 0 aromatic heterocycles. The van der Waals surface area contributed by atoms with E-state index in [1.54, 1.807) is 11.9 Å². The van der Waals surface area contributed by atoms with Crippen molar-refractivity contribution in [2.24, 2.45) is 11.8 Å². The predicted molar refractivity (Wildman–Crippen MR) is 67.5 cm³/mol. The zero-order valence-electron chi connectivity index (χ0n) is 10.6. The number of halogens is 4. The number of hydrogen-bond donors (Lipinski definition) is 0. The number of rotatable bonds is 3. The van der Waals surface area contributed by atoms with E-state index in [9.17, 15) is 18.0 Å². The summed E-state index contributed by atoms with van der Waals surface area (Å²) in [5.41, 5.74) is 0. The van der Waals surface area contributed by atoms with Crippen molar-refractivity contribution in [2.75, 3.05) is 12.4 Å². The SMILES string of the molecule is CC(CBr)N(C)C(=O)C1CCCC(C(F)(F)F)C1. The number of carbonyl (C=O) groups is 1. The molecule has 3 atom stereocenters. The highest BCUT2D eigenvalue weighted by Crippen LogP contribution is 2.40. The first-order valence-electron chi connectivity index (χ1n) is 6.16. The van der Waals surface area contributed by atoms with Crippen LogP contribution in [0.15, 0.2) is 0 Å². The second-order valence-electron chi connectivity index (χ2n) is 5.05. The number of carbonyl (C=O) groups excluding carboxylic acids is 1. The summed E-state index contributed by atoms with van der Waals surface area (Å²) < 4.78 is 38.0. The summed E-state index contributed by atoms with van der Waals surface area (Å²) in [6.07, 6.45) is -3.01. The highest BCUT2D eigenvalue weighted by molar-refractivity contribution is 9.09. The Morgan fingerprint density at radius 1 is 1.44 bits per heavy atom. The van der Waals surface area contributed by atoms with Crippen molar-refractivity contribution in [3.63, 3.8) is 0 Å². The molecular weight excluding hydrogens is 311 g/mol. The fraction of sp³-hybridized carbons (Fsp3) is 0.917. The Bertz CT molecular complexity index is 296. The topological polar surface area (TPSA) is 20.3 Å². The molecule has 0 heterocycles. The molecule has 0 aromatic rings. The fourth-order valence-electron chi connectivity index (χ4n) is 2.32. The minimum absolute atomic E-state index is 0.00348. The van der Waals surface area contributed by atoms with Crippen molar-refractivity contribution >= 4 is 21.8 Å². The zero-order chi connectivity index (χ0) is 13.9. The van der Waals surface area contributed by atoms with Gasteiger partial charge in [0.15, 0.2) is 0 Å². The molecule has 1 aliphatic rings. The Morgan fingerprint density at radius 2 is 2.06 bits per heavy atom. The maximum Gasteiger partial charge on any atom is 0.391 e. The lowest BCUT2D eigenvalue weighted by Crippen LogP contribution is -2.42. The first kappa shape index (κ1) is 15.8. The molecule has 0 saturated heterocycles. The number of amides is 1. The van der Waals surface area contributed by atoms with Crippen molar-refractivity contribution in [3.05, 3.63) is 0 Å². The van der Waals surface area contributed by atoms with E-state index in [2.05, 4.69) is 15.9 Å². The summed E-state index contributed by atoms with van der Waals surface area (Å²) in [7, 11) is 1.66. The fourth-order valence-corrected chi connectivity index (χ4v) is 2.75. The van der Waals surface area contributed by atoms with Crippen molar-refractivity contribution in [2.45, 2.75) is 44.8 Å². The highest BCUT2D eigenvalue weighted by atomic mass is 79.9. The maximum absolute atomic E-state index is 12.7. The van der Waals surface area contributed by atoms with Gasteiger partial charge in [-0.2, -0.15) is 13.2 Å². The first-order valence-corrected chi connectivity index (χ1v) is 7.28. The van der Waals surface area contributed by atoms with E-state index >= 15 is 0 Å². The Labute approximate surface area is 114 Å². The monoisotopic (exact) mass is 329 g/mol. The van der Waals surface area contributed by atoms with Crippen molar-refractivity contribution in [1.82, 2.24) is 4.90 Å². The zero-order valence-corrected chi connectivity index (χ0v) is 12.2. The molecule has 1 rings (SSSR count). The molecule has 1 saturated carbocycles. The van der Waals surface area contributed by atoms with Gasteiger partial charge in [0.2, 0.25) is 5.91 Å². The summed E-state index contributed by atoms with van der Waals surface area (Å²) in [4.78, 5) is 13.7. The van der Waals surface area contributed by atoms with Crippen LogP contribution in [0.4, 0.5) is 13.2 Å². The van der Waals surface area contributed by atoms with E-state index in [0.717, 1.165) is 0 Å². The van der Waals surface area contributed by atoms with Crippen LogP contribution < -0.4 is 0 Å². The molecular formula is C12H19BrF3NO. The predicted octanol–water partition coefficient (Wildman–Crippen LogP) is 3.60. The van der Waals surface area contributed by atoms with Gasteiger partial charge >= 0.3 is 6.18 Å². The van der Waals surface area contributed by atoms with Crippen LogP contribution in [0, 0.1) is 11.8 Å². The van der Waals surface area contributed by atoms with E-state index in [1.165, 1.54) is 0 Å². The van der Waals surface area contributed by atoms with E-state index in [0.29, 0.717) is 18.2 Å². The standard InChI is InChI=1S/C12H19BrF3NO/c1-8(7-13)17(2)11(18)9-4-3-5-10(6-9)12(14,15)16/h8-10H,3-7H2,1-2H3. The van der Waals surface area contributed by atoms with Crippen LogP contribution in [0.25, 0.3) is 0 Å². The van der Waals surface area contributed by atoms with Crippen LogP contribution in [0.2, 0.25) is 0 Å². The van der Waals surface area contributed by atoms with Crippen LogP contribution in [0.3, 0.4) is 0 Å². The largest absolute Gasteiger partial charge is 0.391 e. The molecule has 0 N–H and O–H groups in total. The Hall–Kier alpha value is -0.260. The van der Waals surface area contributed by atoms with Crippen LogP contribution in [0.5, 0.6) is 0 Å². The van der Waals surface area contributed by atoms with Crippen LogP contribution in [-0.2, 0) is 4.79 Å². The van der Waals surface area contributed by atoms with E-state index in [-0.39, 0.29) is 24.8 Å². The molecule has 0 aromatic carbocycles. The second kappa shape index (κ2) is 6.26. The molecule has 0 spiro atoms. The van der Waals surface area contributed by atoms with E-state index in [1.807, 2.05) is 6.92 Å². The van der Waals surface area contributed by atoms with Crippen LogP contribution in [0.1, 0.15) is 32.6 Å². The minimum Gasteiger partial charge on any atom is -0.342 e. The second-order valence-corrected chi connectivity index (χ2v) is 5.70. The highest BCUT2D eigenvalue weighted by Gasteiger charge is 2.44. The minimum atomic E-state index is -4.17.